The number of amides is 1. The summed E-state index contributed by atoms with van der Waals surface area (Å²) in [4.78, 5) is 28.9. The fourth-order valence-corrected chi connectivity index (χ4v) is 3.37. The first-order valence-electron chi connectivity index (χ1n) is 7.86. The largest absolute Gasteiger partial charge is 0.347 e. The third-order valence-corrected chi connectivity index (χ3v) is 5.91. The molecule has 0 bridgehead atoms. The quantitative estimate of drug-likeness (QED) is 0.766. The average Bonchev–Trinajstić information content (AvgIpc) is 2.57. The zero-order valence-electron chi connectivity index (χ0n) is 14.9. The van der Waals surface area contributed by atoms with Crippen molar-refractivity contribution in [3.8, 4) is 0 Å². The number of nitrogens with zero attached hydrogens (tertiary/aromatic N) is 2. The smallest absolute Gasteiger partial charge is 0.257 e. The molecular weight excluding hydrogens is 422 g/mol. The topological polar surface area (TPSA) is 98.1 Å². The normalized spacial score (nSPS) is 11.6. The second-order valence-electron chi connectivity index (χ2n) is 6.21. The first-order chi connectivity index (χ1) is 12.0. The summed E-state index contributed by atoms with van der Waals surface area (Å²) < 4.78 is 25.1. The Bertz CT molecular complexity index is 996. The van der Waals surface area contributed by atoms with Gasteiger partial charge in [-0.25, -0.2) is 8.42 Å². The van der Waals surface area contributed by atoms with Crippen molar-refractivity contribution in [2.75, 3.05) is 6.26 Å². The third kappa shape index (κ3) is 4.39. The molecular formula is C17H20BrN3O4S. The third-order valence-electron chi connectivity index (χ3n) is 3.87. The van der Waals surface area contributed by atoms with E-state index in [-0.39, 0.29) is 28.5 Å². The van der Waals surface area contributed by atoms with Gasteiger partial charge in [0.25, 0.3) is 5.91 Å². The first-order valence-corrected chi connectivity index (χ1v) is 10.5. The summed E-state index contributed by atoms with van der Waals surface area (Å²) in [6, 6.07) is 3.04. The molecule has 0 atom stereocenters. The predicted octanol–water partition coefficient (Wildman–Crippen LogP) is 2.23. The van der Waals surface area contributed by atoms with E-state index in [2.05, 4.69) is 26.2 Å². The highest BCUT2D eigenvalue weighted by Crippen LogP contribution is 2.17. The molecule has 2 aromatic rings. The van der Waals surface area contributed by atoms with Crippen LogP contribution >= 0.6 is 15.9 Å². The number of hydrogen-bond acceptors (Lipinski definition) is 5. The van der Waals surface area contributed by atoms with E-state index >= 15 is 0 Å². The summed E-state index contributed by atoms with van der Waals surface area (Å²) >= 11 is 3.26. The molecule has 140 valence electrons. The maximum atomic E-state index is 12.4. The standard InChI is InChI=1S/C17H20BrN3O4S/c1-10(2)21-9-14(16(22)15(18)11(21)3)17(23)20-7-12-5-6-13(8-19-12)26(4,24)25/h5-6,8-10H,7H2,1-4H3,(H,20,23). The highest BCUT2D eigenvalue weighted by Gasteiger charge is 2.18. The lowest BCUT2D eigenvalue weighted by Gasteiger charge is -2.17. The SMILES string of the molecule is Cc1c(Br)c(=O)c(C(=O)NCc2ccc(S(C)(=O)=O)cn2)cn1C(C)C. The Balaban J connectivity index is 2.22. The molecule has 26 heavy (non-hydrogen) atoms. The van der Waals surface area contributed by atoms with Crippen molar-refractivity contribution in [1.82, 2.24) is 14.9 Å². The molecule has 1 N–H and O–H groups in total. The van der Waals surface area contributed by atoms with E-state index in [1.165, 1.54) is 18.3 Å². The molecule has 0 saturated carbocycles. The first kappa shape index (κ1) is 20.3. The Morgan fingerprint density at radius 3 is 2.50 bits per heavy atom. The summed E-state index contributed by atoms with van der Waals surface area (Å²) in [5.41, 5.74) is 0.891. The summed E-state index contributed by atoms with van der Waals surface area (Å²) in [6.45, 7) is 5.80. The highest BCUT2D eigenvalue weighted by molar-refractivity contribution is 9.10. The van der Waals surface area contributed by atoms with Gasteiger partial charge in [-0.1, -0.05) is 0 Å². The molecule has 2 rings (SSSR count). The number of sulfone groups is 1. The van der Waals surface area contributed by atoms with Crippen molar-refractivity contribution >= 4 is 31.7 Å². The maximum absolute atomic E-state index is 12.4. The zero-order valence-corrected chi connectivity index (χ0v) is 17.3. The van der Waals surface area contributed by atoms with Crippen LogP contribution in [0.5, 0.6) is 0 Å². The summed E-state index contributed by atoms with van der Waals surface area (Å²) in [6.07, 6.45) is 3.88. The number of pyridine rings is 2. The van der Waals surface area contributed by atoms with Crippen LogP contribution in [0.15, 0.2) is 38.7 Å². The van der Waals surface area contributed by atoms with Crippen LogP contribution in [0.2, 0.25) is 0 Å². The van der Waals surface area contributed by atoms with Crippen LogP contribution in [0, 0.1) is 6.92 Å². The molecule has 0 aliphatic carbocycles. The number of aromatic nitrogens is 2. The Morgan fingerprint density at radius 2 is 2.00 bits per heavy atom. The number of carbonyl (C=O) groups excluding carboxylic acids is 1. The molecule has 1 amide bonds. The fourth-order valence-electron chi connectivity index (χ4n) is 2.39. The van der Waals surface area contributed by atoms with Crippen LogP contribution in [0.3, 0.4) is 0 Å². The maximum Gasteiger partial charge on any atom is 0.257 e. The summed E-state index contributed by atoms with van der Waals surface area (Å²) in [7, 11) is -3.32. The molecule has 0 unspecified atom stereocenters. The lowest BCUT2D eigenvalue weighted by molar-refractivity contribution is 0.0948. The molecule has 0 spiro atoms. The van der Waals surface area contributed by atoms with Gasteiger partial charge in [0.05, 0.1) is 21.6 Å². The van der Waals surface area contributed by atoms with Crippen molar-refractivity contribution in [3.63, 3.8) is 0 Å². The summed E-state index contributed by atoms with van der Waals surface area (Å²) in [5.74, 6) is -0.515. The Hall–Kier alpha value is -2.00. The van der Waals surface area contributed by atoms with E-state index in [0.717, 1.165) is 11.9 Å². The Morgan fingerprint density at radius 1 is 1.35 bits per heavy atom. The fraction of sp³-hybridized carbons (Fsp3) is 0.353. The molecule has 2 heterocycles. The van der Waals surface area contributed by atoms with Crippen LogP contribution in [0.4, 0.5) is 0 Å². The molecule has 0 radical (unpaired) electrons. The van der Waals surface area contributed by atoms with Gasteiger partial charge in [0, 0.05) is 30.4 Å². The van der Waals surface area contributed by atoms with E-state index in [9.17, 15) is 18.0 Å². The van der Waals surface area contributed by atoms with E-state index in [1.54, 1.807) is 13.1 Å². The monoisotopic (exact) mass is 441 g/mol. The van der Waals surface area contributed by atoms with Gasteiger partial charge in [-0.05, 0) is 48.8 Å². The minimum absolute atomic E-state index is 0.0314. The minimum atomic E-state index is -3.32. The molecule has 0 aromatic carbocycles. The van der Waals surface area contributed by atoms with Crippen molar-refractivity contribution in [2.45, 2.75) is 38.3 Å². The Kier molecular flexibility index (Phi) is 6.02. The van der Waals surface area contributed by atoms with Gasteiger partial charge in [0.2, 0.25) is 5.43 Å². The van der Waals surface area contributed by atoms with Crippen molar-refractivity contribution in [3.05, 3.63) is 56.2 Å². The molecule has 2 aromatic heterocycles. The molecule has 9 heteroatoms. The highest BCUT2D eigenvalue weighted by atomic mass is 79.9. The number of halogens is 1. The number of hydrogen-bond donors (Lipinski definition) is 1. The van der Waals surface area contributed by atoms with Gasteiger partial charge in [0.15, 0.2) is 9.84 Å². The van der Waals surface area contributed by atoms with E-state index in [1.807, 2.05) is 18.4 Å². The van der Waals surface area contributed by atoms with Crippen molar-refractivity contribution in [2.24, 2.45) is 0 Å². The second kappa shape index (κ2) is 7.71. The van der Waals surface area contributed by atoms with Crippen molar-refractivity contribution in [1.29, 1.82) is 0 Å². The van der Waals surface area contributed by atoms with Gasteiger partial charge >= 0.3 is 0 Å². The number of carbonyl (C=O) groups is 1. The molecule has 7 nitrogen and oxygen atoms in total. The van der Waals surface area contributed by atoms with Crippen molar-refractivity contribution < 1.29 is 13.2 Å². The van der Waals surface area contributed by atoms with Crippen LogP contribution in [0.25, 0.3) is 0 Å². The van der Waals surface area contributed by atoms with Crippen LogP contribution < -0.4 is 10.7 Å². The van der Waals surface area contributed by atoms with Gasteiger partial charge in [0.1, 0.15) is 5.56 Å². The van der Waals surface area contributed by atoms with Gasteiger partial charge < -0.3 is 9.88 Å². The summed E-state index contributed by atoms with van der Waals surface area (Å²) in [5, 5.41) is 2.64. The van der Waals surface area contributed by atoms with Crippen LogP contribution in [-0.2, 0) is 16.4 Å². The molecule has 0 saturated heterocycles. The lowest BCUT2D eigenvalue weighted by Crippen LogP contribution is -2.31. The van der Waals surface area contributed by atoms with Gasteiger partial charge in [-0.3, -0.25) is 14.6 Å². The molecule has 0 fully saturated rings. The van der Waals surface area contributed by atoms with Crippen LogP contribution in [-0.4, -0.2) is 30.1 Å². The number of nitrogens with one attached hydrogen (secondary N) is 1. The van der Waals surface area contributed by atoms with E-state index in [0.29, 0.717) is 10.2 Å². The van der Waals surface area contributed by atoms with E-state index < -0.39 is 15.7 Å². The van der Waals surface area contributed by atoms with Crippen LogP contribution in [0.1, 0.15) is 41.6 Å². The Labute approximate surface area is 160 Å². The predicted molar refractivity (Wildman–Crippen MR) is 102 cm³/mol. The molecule has 0 aliphatic heterocycles. The second-order valence-corrected chi connectivity index (χ2v) is 9.02. The zero-order chi connectivity index (χ0) is 19.6. The molecule has 0 aliphatic rings. The van der Waals surface area contributed by atoms with E-state index in [4.69, 9.17) is 0 Å². The minimum Gasteiger partial charge on any atom is -0.347 e. The lowest BCUT2D eigenvalue weighted by atomic mass is 10.2. The average molecular weight is 442 g/mol. The number of rotatable bonds is 5. The van der Waals surface area contributed by atoms with Gasteiger partial charge in [-0.15, -0.1) is 0 Å². The van der Waals surface area contributed by atoms with Gasteiger partial charge in [-0.2, -0.15) is 0 Å².